The summed E-state index contributed by atoms with van der Waals surface area (Å²) in [5, 5.41) is 7.43. The van der Waals surface area contributed by atoms with Crippen molar-refractivity contribution in [1.29, 1.82) is 0 Å². The van der Waals surface area contributed by atoms with Crippen molar-refractivity contribution in [2.24, 2.45) is 0 Å². The highest BCUT2D eigenvalue weighted by molar-refractivity contribution is 7.09. The first kappa shape index (κ1) is 12.6. The van der Waals surface area contributed by atoms with E-state index in [0.29, 0.717) is 6.04 Å². The topological polar surface area (TPSA) is 24.9 Å². The van der Waals surface area contributed by atoms with Gasteiger partial charge in [-0.2, -0.15) is 0 Å². The van der Waals surface area contributed by atoms with Crippen molar-refractivity contribution in [3.05, 3.63) is 50.9 Å². The van der Waals surface area contributed by atoms with Crippen LogP contribution in [-0.4, -0.2) is 4.98 Å². The van der Waals surface area contributed by atoms with E-state index in [1.54, 1.807) is 11.3 Å². The van der Waals surface area contributed by atoms with E-state index in [1.807, 2.05) is 31.2 Å². The van der Waals surface area contributed by atoms with Crippen LogP contribution in [-0.2, 0) is 6.54 Å². The van der Waals surface area contributed by atoms with Crippen LogP contribution in [0.15, 0.2) is 29.6 Å². The lowest BCUT2D eigenvalue weighted by atomic mass is 10.1. The van der Waals surface area contributed by atoms with Gasteiger partial charge in [-0.25, -0.2) is 4.98 Å². The molecule has 0 aliphatic carbocycles. The Labute approximate surface area is 111 Å². The van der Waals surface area contributed by atoms with E-state index in [9.17, 15) is 0 Å². The van der Waals surface area contributed by atoms with Gasteiger partial charge in [-0.3, -0.25) is 0 Å². The van der Waals surface area contributed by atoms with Crippen molar-refractivity contribution < 1.29 is 0 Å². The molecule has 1 heterocycles. The van der Waals surface area contributed by atoms with Crippen LogP contribution in [0.2, 0.25) is 5.02 Å². The maximum Gasteiger partial charge on any atom is 0.0897 e. The number of thiazole rings is 1. The third-order valence-corrected chi connectivity index (χ3v) is 3.70. The molecule has 0 aliphatic rings. The van der Waals surface area contributed by atoms with Gasteiger partial charge in [0.1, 0.15) is 0 Å². The minimum absolute atomic E-state index is 0.300. The number of halogens is 1. The smallest absolute Gasteiger partial charge is 0.0897 e. The predicted molar refractivity (Wildman–Crippen MR) is 73.6 cm³/mol. The fourth-order valence-corrected chi connectivity index (χ4v) is 2.35. The Morgan fingerprint density at radius 2 is 2.06 bits per heavy atom. The summed E-state index contributed by atoms with van der Waals surface area (Å²) in [6.45, 7) is 4.97. The molecule has 0 saturated carbocycles. The Kier molecular flexibility index (Phi) is 4.15. The highest BCUT2D eigenvalue weighted by Gasteiger charge is 2.05. The number of rotatable bonds is 4. The number of hydrogen-bond acceptors (Lipinski definition) is 3. The lowest BCUT2D eigenvalue weighted by molar-refractivity contribution is 0.569. The lowest BCUT2D eigenvalue weighted by Gasteiger charge is -2.13. The first-order valence-electron chi connectivity index (χ1n) is 5.55. The molecule has 1 aromatic heterocycles. The normalized spacial score (nSPS) is 12.6. The highest BCUT2D eigenvalue weighted by atomic mass is 35.5. The van der Waals surface area contributed by atoms with Gasteiger partial charge in [0.2, 0.25) is 0 Å². The molecule has 2 rings (SSSR count). The molecule has 0 spiro atoms. The highest BCUT2D eigenvalue weighted by Crippen LogP contribution is 2.16. The standard InChI is InChI=1S/C13H15ClN2S/c1-9(11-3-5-12(14)6-4-11)15-7-13-8-17-10(2)16-13/h3-6,8-9,15H,7H2,1-2H3/t9-/m0/s1. The van der Waals surface area contributed by atoms with Crippen LogP contribution in [0, 0.1) is 6.92 Å². The van der Waals surface area contributed by atoms with E-state index < -0.39 is 0 Å². The molecule has 1 aromatic carbocycles. The molecular formula is C13H15ClN2S. The minimum atomic E-state index is 0.300. The van der Waals surface area contributed by atoms with E-state index >= 15 is 0 Å². The summed E-state index contributed by atoms with van der Waals surface area (Å²) in [6.07, 6.45) is 0. The molecule has 2 aromatic rings. The lowest BCUT2D eigenvalue weighted by Crippen LogP contribution is -2.18. The molecule has 0 radical (unpaired) electrons. The van der Waals surface area contributed by atoms with Crippen LogP contribution in [0.1, 0.15) is 29.2 Å². The largest absolute Gasteiger partial charge is 0.305 e. The van der Waals surface area contributed by atoms with Gasteiger partial charge < -0.3 is 5.32 Å². The van der Waals surface area contributed by atoms with Crippen molar-refractivity contribution in [2.75, 3.05) is 0 Å². The van der Waals surface area contributed by atoms with Gasteiger partial charge in [-0.05, 0) is 31.5 Å². The fourth-order valence-electron chi connectivity index (χ4n) is 1.62. The van der Waals surface area contributed by atoms with E-state index in [2.05, 4.69) is 22.6 Å². The molecule has 2 nitrogen and oxygen atoms in total. The Morgan fingerprint density at radius 3 is 2.65 bits per heavy atom. The summed E-state index contributed by atoms with van der Waals surface area (Å²) in [5.74, 6) is 0. The Balaban J connectivity index is 1.93. The number of benzene rings is 1. The van der Waals surface area contributed by atoms with Crippen molar-refractivity contribution in [1.82, 2.24) is 10.3 Å². The maximum atomic E-state index is 5.86. The summed E-state index contributed by atoms with van der Waals surface area (Å²) >= 11 is 7.55. The van der Waals surface area contributed by atoms with E-state index in [0.717, 1.165) is 22.3 Å². The van der Waals surface area contributed by atoms with E-state index in [4.69, 9.17) is 11.6 Å². The van der Waals surface area contributed by atoms with Gasteiger partial charge in [-0.15, -0.1) is 11.3 Å². The van der Waals surface area contributed by atoms with Crippen LogP contribution in [0.3, 0.4) is 0 Å². The van der Waals surface area contributed by atoms with Gasteiger partial charge in [-0.1, -0.05) is 23.7 Å². The van der Waals surface area contributed by atoms with Gasteiger partial charge in [0.15, 0.2) is 0 Å². The second-order valence-electron chi connectivity index (χ2n) is 4.01. The molecule has 4 heteroatoms. The summed E-state index contributed by atoms with van der Waals surface area (Å²) in [5.41, 5.74) is 2.34. The summed E-state index contributed by atoms with van der Waals surface area (Å²) in [4.78, 5) is 4.43. The monoisotopic (exact) mass is 266 g/mol. The Bertz CT molecular complexity index is 478. The molecule has 0 bridgehead atoms. The summed E-state index contributed by atoms with van der Waals surface area (Å²) in [6, 6.07) is 8.23. The Morgan fingerprint density at radius 1 is 1.35 bits per heavy atom. The molecule has 0 saturated heterocycles. The number of nitrogens with zero attached hydrogens (tertiary/aromatic N) is 1. The second kappa shape index (κ2) is 5.63. The number of nitrogens with one attached hydrogen (secondary N) is 1. The molecule has 90 valence electrons. The maximum absolute atomic E-state index is 5.86. The summed E-state index contributed by atoms with van der Waals surface area (Å²) < 4.78 is 0. The molecular weight excluding hydrogens is 252 g/mol. The predicted octanol–water partition coefficient (Wildman–Crippen LogP) is 3.96. The minimum Gasteiger partial charge on any atom is -0.305 e. The zero-order valence-electron chi connectivity index (χ0n) is 9.90. The number of aromatic nitrogens is 1. The van der Waals surface area contributed by atoms with Crippen LogP contribution < -0.4 is 5.32 Å². The molecule has 0 amide bonds. The third kappa shape index (κ3) is 3.53. The van der Waals surface area contributed by atoms with Gasteiger partial charge in [0.25, 0.3) is 0 Å². The van der Waals surface area contributed by atoms with E-state index in [1.165, 1.54) is 5.56 Å². The first-order chi connectivity index (χ1) is 8.15. The number of aryl methyl sites for hydroxylation is 1. The molecule has 0 aliphatic heterocycles. The zero-order valence-corrected chi connectivity index (χ0v) is 11.5. The van der Waals surface area contributed by atoms with Crippen molar-refractivity contribution in [2.45, 2.75) is 26.4 Å². The summed E-state index contributed by atoms with van der Waals surface area (Å²) in [7, 11) is 0. The number of hydrogen-bond donors (Lipinski definition) is 1. The van der Waals surface area contributed by atoms with Crippen LogP contribution >= 0.6 is 22.9 Å². The van der Waals surface area contributed by atoms with Crippen molar-refractivity contribution >= 4 is 22.9 Å². The quantitative estimate of drug-likeness (QED) is 0.906. The fraction of sp³-hybridized carbons (Fsp3) is 0.308. The van der Waals surface area contributed by atoms with Crippen molar-refractivity contribution in [3.8, 4) is 0 Å². The van der Waals surface area contributed by atoms with Gasteiger partial charge >= 0.3 is 0 Å². The van der Waals surface area contributed by atoms with Crippen LogP contribution in [0.25, 0.3) is 0 Å². The van der Waals surface area contributed by atoms with Crippen LogP contribution in [0.4, 0.5) is 0 Å². The second-order valence-corrected chi connectivity index (χ2v) is 5.51. The van der Waals surface area contributed by atoms with E-state index in [-0.39, 0.29) is 0 Å². The Hall–Kier alpha value is -0.900. The zero-order chi connectivity index (χ0) is 12.3. The van der Waals surface area contributed by atoms with Crippen LogP contribution in [0.5, 0.6) is 0 Å². The third-order valence-electron chi connectivity index (χ3n) is 2.63. The average Bonchev–Trinajstić information content (AvgIpc) is 2.73. The molecule has 0 unspecified atom stereocenters. The SMILES string of the molecule is Cc1nc(CN[C@@H](C)c2ccc(Cl)cc2)cs1. The molecule has 1 atom stereocenters. The van der Waals surface area contributed by atoms with Gasteiger partial charge in [0, 0.05) is 23.0 Å². The first-order valence-corrected chi connectivity index (χ1v) is 6.81. The molecule has 1 N–H and O–H groups in total. The van der Waals surface area contributed by atoms with Crippen molar-refractivity contribution in [3.63, 3.8) is 0 Å². The average molecular weight is 267 g/mol. The molecule has 0 fully saturated rings. The molecule has 17 heavy (non-hydrogen) atoms. The van der Waals surface area contributed by atoms with Gasteiger partial charge in [0.05, 0.1) is 10.7 Å².